The topological polar surface area (TPSA) is 66.6 Å². The van der Waals surface area contributed by atoms with Crippen molar-refractivity contribution in [1.82, 2.24) is 4.90 Å². The number of rotatable bonds is 2. The molecule has 2 fully saturated rings. The Balaban J connectivity index is 1.95. The van der Waals surface area contributed by atoms with Crippen LogP contribution in [0.2, 0.25) is 0 Å². The molecule has 3 N–H and O–H groups in total. The van der Waals surface area contributed by atoms with Crippen LogP contribution >= 0.6 is 0 Å². The first-order valence-electron chi connectivity index (χ1n) is 4.89. The van der Waals surface area contributed by atoms with E-state index in [1.165, 1.54) is 12.8 Å². The van der Waals surface area contributed by atoms with Crippen molar-refractivity contribution in [1.29, 1.82) is 0 Å². The number of piperidine rings is 1. The number of carbonyl (C=O) groups is 1. The molecule has 1 heterocycles. The summed E-state index contributed by atoms with van der Waals surface area (Å²) in [6.07, 6.45) is 3.08. The molecule has 2 unspecified atom stereocenters. The Morgan fingerprint density at radius 2 is 2.08 bits per heavy atom. The summed E-state index contributed by atoms with van der Waals surface area (Å²) < 4.78 is 0. The summed E-state index contributed by atoms with van der Waals surface area (Å²) in [5.41, 5.74) is 5.81. The predicted octanol–water partition coefficient (Wildman–Crippen LogP) is -0.117. The predicted molar refractivity (Wildman–Crippen MR) is 48.3 cm³/mol. The summed E-state index contributed by atoms with van der Waals surface area (Å²) in [7, 11) is 0. The Labute approximate surface area is 77.7 Å². The molecule has 2 rings (SSSR count). The Morgan fingerprint density at radius 3 is 2.62 bits per heavy atom. The highest BCUT2D eigenvalue weighted by atomic mass is 16.4. The van der Waals surface area contributed by atoms with Crippen LogP contribution in [0.15, 0.2) is 0 Å². The summed E-state index contributed by atoms with van der Waals surface area (Å²) in [4.78, 5) is 13.0. The molecule has 1 saturated heterocycles. The molecule has 0 radical (unpaired) electrons. The molecule has 0 amide bonds. The van der Waals surface area contributed by atoms with Crippen molar-refractivity contribution < 1.29 is 9.90 Å². The number of nitrogens with zero attached hydrogens (tertiary/aromatic N) is 1. The molecule has 0 spiro atoms. The van der Waals surface area contributed by atoms with Crippen molar-refractivity contribution in [2.45, 2.75) is 31.3 Å². The largest absolute Gasteiger partial charge is 0.481 e. The standard InChI is InChI=1S/C9H16N2O2/c10-7-3-6(9(12)13)4-11(5-7)8-1-2-8/h6-8H,1-5,10H2,(H,12,13). The second-order valence-corrected chi connectivity index (χ2v) is 4.22. The SMILES string of the molecule is NC1CC(C(=O)O)CN(C2CC2)C1. The van der Waals surface area contributed by atoms with Crippen LogP contribution in [0.25, 0.3) is 0 Å². The molecule has 2 atom stereocenters. The smallest absolute Gasteiger partial charge is 0.307 e. The Bertz CT molecular complexity index is 216. The van der Waals surface area contributed by atoms with E-state index in [9.17, 15) is 4.79 Å². The van der Waals surface area contributed by atoms with Crippen molar-refractivity contribution in [2.24, 2.45) is 11.7 Å². The first-order chi connectivity index (χ1) is 6.16. The average Bonchev–Trinajstić information content (AvgIpc) is 2.85. The van der Waals surface area contributed by atoms with Gasteiger partial charge in [0, 0.05) is 25.2 Å². The quantitative estimate of drug-likeness (QED) is 0.628. The lowest BCUT2D eigenvalue weighted by Crippen LogP contribution is -2.49. The van der Waals surface area contributed by atoms with Gasteiger partial charge in [0.25, 0.3) is 0 Å². The molecular formula is C9H16N2O2. The third-order valence-electron chi connectivity index (χ3n) is 2.92. The van der Waals surface area contributed by atoms with Crippen molar-refractivity contribution in [3.63, 3.8) is 0 Å². The van der Waals surface area contributed by atoms with E-state index in [1.54, 1.807) is 0 Å². The maximum absolute atomic E-state index is 10.8. The molecule has 0 aromatic rings. The average molecular weight is 184 g/mol. The van der Waals surface area contributed by atoms with E-state index in [0.29, 0.717) is 19.0 Å². The third-order valence-corrected chi connectivity index (χ3v) is 2.92. The zero-order valence-corrected chi connectivity index (χ0v) is 7.65. The van der Waals surface area contributed by atoms with Gasteiger partial charge in [-0.15, -0.1) is 0 Å². The third kappa shape index (κ3) is 2.00. The lowest BCUT2D eigenvalue weighted by Gasteiger charge is -2.34. The second-order valence-electron chi connectivity index (χ2n) is 4.22. The number of nitrogens with two attached hydrogens (primary N) is 1. The van der Waals surface area contributed by atoms with Gasteiger partial charge in [0.05, 0.1) is 5.92 Å². The van der Waals surface area contributed by atoms with Crippen LogP contribution in [0.5, 0.6) is 0 Å². The molecule has 0 bridgehead atoms. The summed E-state index contributed by atoms with van der Waals surface area (Å²) in [6.45, 7) is 1.59. The minimum atomic E-state index is -0.694. The Morgan fingerprint density at radius 1 is 1.38 bits per heavy atom. The van der Waals surface area contributed by atoms with E-state index in [-0.39, 0.29) is 12.0 Å². The van der Waals surface area contributed by atoms with Crippen LogP contribution in [-0.2, 0) is 4.79 Å². The molecule has 0 aromatic heterocycles. The van der Waals surface area contributed by atoms with Gasteiger partial charge in [0.1, 0.15) is 0 Å². The van der Waals surface area contributed by atoms with Gasteiger partial charge in [-0.2, -0.15) is 0 Å². The molecule has 13 heavy (non-hydrogen) atoms. The first kappa shape index (κ1) is 8.97. The van der Waals surface area contributed by atoms with E-state index in [1.807, 2.05) is 0 Å². The molecule has 0 aromatic carbocycles. The summed E-state index contributed by atoms with van der Waals surface area (Å²) in [5, 5.41) is 8.89. The van der Waals surface area contributed by atoms with Gasteiger partial charge < -0.3 is 10.8 Å². The molecule has 74 valence electrons. The van der Waals surface area contributed by atoms with E-state index in [2.05, 4.69) is 4.90 Å². The van der Waals surface area contributed by atoms with E-state index >= 15 is 0 Å². The number of likely N-dealkylation sites (tertiary alicyclic amines) is 1. The lowest BCUT2D eigenvalue weighted by atomic mass is 9.95. The van der Waals surface area contributed by atoms with Crippen molar-refractivity contribution in [3.05, 3.63) is 0 Å². The second kappa shape index (κ2) is 3.27. The van der Waals surface area contributed by atoms with Gasteiger partial charge in [-0.3, -0.25) is 9.69 Å². The van der Waals surface area contributed by atoms with Crippen molar-refractivity contribution in [2.75, 3.05) is 13.1 Å². The molecule has 4 nitrogen and oxygen atoms in total. The van der Waals surface area contributed by atoms with E-state index in [0.717, 1.165) is 6.54 Å². The summed E-state index contributed by atoms with van der Waals surface area (Å²) >= 11 is 0. The minimum Gasteiger partial charge on any atom is -0.481 e. The number of carboxylic acid groups (broad SMARTS) is 1. The first-order valence-corrected chi connectivity index (χ1v) is 4.89. The highest BCUT2D eigenvalue weighted by Gasteiger charge is 2.37. The summed E-state index contributed by atoms with van der Waals surface area (Å²) in [5.74, 6) is -0.940. The Hall–Kier alpha value is -0.610. The zero-order valence-electron chi connectivity index (χ0n) is 7.65. The fourth-order valence-electron chi connectivity index (χ4n) is 2.09. The number of hydrogen-bond donors (Lipinski definition) is 2. The normalized spacial score (nSPS) is 36.1. The van der Waals surface area contributed by atoms with Gasteiger partial charge in [0.15, 0.2) is 0 Å². The molecule has 1 aliphatic heterocycles. The lowest BCUT2D eigenvalue weighted by molar-refractivity contribution is -0.143. The van der Waals surface area contributed by atoms with Gasteiger partial charge in [-0.25, -0.2) is 0 Å². The van der Waals surface area contributed by atoms with Gasteiger partial charge in [0.2, 0.25) is 0 Å². The van der Waals surface area contributed by atoms with E-state index < -0.39 is 5.97 Å². The van der Waals surface area contributed by atoms with Crippen LogP contribution in [0.4, 0.5) is 0 Å². The fourth-order valence-corrected chi connectivity index (χ4v) is 2.09. The van der Waals surface area contributed by atoms with Crippen LogP contribution < -0.4 is 5.73 Å². The van der Waals surface area contributed by atoms with Crippen molar-refractivity contribution in [3.8, 4) is 0 Å². The van der Waals surface area contributed by atoms with E-state index in [4.69, 9.17) is 10.8 Å². The molecule has 4 heteroatoms. The van der Waals surface area contributed by atoms with Crippen molar-refractivity contribution >= 4 is 5.97 Å². The monoisotopic (exact) mass is 184 g/mol. The maximum atomic E-state index is 10.8. The Kier molecular flexibility index (Phi) is 2.26. The van der Waals surface area contributed by atoms with Gasteiger partial charge in [-0.1, -0.05) is 0 Å². The zero-order chi connectivity index (χ0) is 9.42. The number of aliphatic carboxylic acids is 1. The van der Waals surface area contributed by atoms with Crippen LogP contribution in [0, 0.1) is 5.92 Å². The van der Waals surface area contributed by atoms with Crippen LogP contribution in [-0.4, -0.2) is 41.1 Å². The summed E-state index contributed by atoms with van der Waals surface area (Å²) in [6, 6.07) is 0.684. The molecule has 1 aliphatic carbocycles. The number of hydrogen-bond acceptors (Lipinski definition) is 3. The van der Waals surface area contributed by atoms with Gasteiger partial charge in [-0.05, 0) is 19.3 Å². The van der Waals surface area contributed by atoms with Gasteiger partial charge >= 0.3 is 5.97 Å². The van der Waals surface area contributed by atoms with Crippen LogP contribution in [0.3, 0.4) is 0 Å². The highest BCUT2D eigenvalue weighted by molar-refractivity contribution is 5.70. The molecule has 2 aliphatic rings. The number of carboxylic acids is 1. The van der Waals surface area contributed by atoms with Crippen LogP contribution in [0.1, 0.15) is 19.3 Å². The molecular weight excluding hydrogens is 168 g/mol. The molecule has 1 saturated carbocycles. The maximum Gasteiger partial charge on any atom is 0.307 e. The highest BCUT2D eigenvalue weighted by Crippen LogP contribution is 2.30. The minimum absolute atomic E-state index is 0.0513. The fraction of sp³-hybridized carbons (Fsp3) is 0.889.